The first-order chi connectivity index (χ1) is 13.2. The van der Waals surface area contributed by atoms with E-state index in [4.69, 9.17) is 5.73 Å². The van der Waals surface area contributed by atoms with Gasteiger partial charge in [0.15, 0.2) is 0 Å². The molecule has 3 rings (SSSR count). The molecule has 0 spiro atoms. The highest BCUT2D eigenvalue weighted by atomic mass is 32.2. The maximum atomic E-state index is 12.6. The third kappa shape index (κ3) is 4.00. The molecule has 1 amide bonds. The van der Waals surface area contributed by atoms with Crippen LogP contribution in [0.3, 0.4) is 0 Å². The molecule has 2 aromatic carbocycles. The number of benzene rings is 2. The number of nitrogens with zero attached hydrogens (tertiary/aromatic N) is 4. The summed E-state index contributed by atoms with van der Waals surface area (Å²) in [5, 5.41) is 0. The van der Waals surface area contributed by atoms with Gasteiger partial charge in [0.05, 0.1) is 17.3 Å². The second kappa shape index (κ2) is 7.61. The molecule has 0 atom stereocenters. The lowest BCUT2D eigenvalue weighted by Gasteiger charge is -2.18. The van der Waals surface area contributed by atoms with Crippen LogP contribution < -0.4 is 10.6 Å². The smallest absolute Gasteiger partial charge is 0.258 e. The van der Waals surface area contributed by atoms with Gasteiger partial charge in [0.25, 0.3) is 5.91 Å². The number of hydrogen-bond acceptors (Lipinski definition) is 5. The van der Waals surface area contributed by atoms with Gasteiger partial charge < -0.3 is 15.2 Å². The molecule has 9 heteroatoms. The Bertz CT molecular complexity index is 1110. The second-order valence-electron chi connectivity index (χ2n) is 6.61. The summed E-state index contributed by atoms with van der Waals surface area (Å²) in [4.78, 5) is 18.6. The summed E-state index contributed by atoms with van der Waals surface area (Å²) in [5.74, 6) is 0.174. The van der Waals surface area contributed by atoms with E-state index in [9.17, 15) is 13.2 Å². The highest BCUT2D eigenvalue weighted by Gasteiger charge is 2.17. The van der Waals surface area contributed by atoms with Crippen molar-refractivity contribution in [1.29, 1.82) is 0 Å². The molecule has 0 aliphatic carbocycles. The molecule has 1 heterocycles. The van der Waals surface area contributed by atoms with Crippen molar-refractivity contribution in [2.45, 2.75) is 6.54 Å². The van der Waals surface area contributed by atoms with Crippen molar-refractivity contribution in [3.05, 3.63) is 54.1 Å². The van der Waals surface area contributed by atoms with E-state index in [0.717, 1.165) is 11.8 Å². The molecule has 0 saturated heterocycles. The van der Waals surface area contributed by atoms with Crippen molar-refractivity contribution in [2.24, 2.45) is 0 Å². The predicted molar refractivity (Wildman–Crippen MR) is 111 cm³/mol. The number of nitrogen functional groups attached to an aromatic ring is 1. The van der Waals surface area contributed by atoms with Crippen molar-refractivity contribution < 1.29 is 13.2 Å². The predicted octanol–water partition coefficient (Wildman–Crippen LogP) is 1.79. The van der Waals surface area contributed by atoms with Crippen molar-refractivity contribution in [3.8, 4) is 0 Å². The van der Waals surface area contributed by atoms with Crippen LogP contribution in [0.15, 0.2) is 48.5 Å². The lowest BCUT2D eigenvalue weighted by molar-refractivity contribution is 0.0993. The molecule has 2 N–H and O–H groups in total. The van der Waals surface area contributed by atoms with Crippen LogP contribution in [0.25, 0.3) is 11.0 Å². The van der Waals surface area contributed by atoms with Crippen molar-refractivity contribution in [2.75, 3.05) is 37.5 Å². The number of nitrogens with two attached hydrogens (primary N) is 1. The van der Waals surface area contributed by atoms with E-state index in [1.165, 1.54) is 11.4 Å². The first-order valence-corrected chi connectivity index (χ1v) is 10.5. The first-order valence-electron chi connectivity index (χ1n) is 8.68. The summed E-state index contributed by atoms with van der Waals surface area (Å²) >= 11 is 0. The van der Waals surface area contributed by atoms with E-state index in [1.54, 1.807) is 34.7 Å². The first kappa shape index (κ1) is 19.8. The zero-order valence-electron chi connectivity index (χ0n) is 16.0. The monoisotopic (exact) mass is 401 g/mol. The summed E-state index contributed by atoms with van der Waals surface area (Å²) in [6.45, 7) is 0.659. The molecule has 8 nitrogen and oxygen atoms in total. The topological polar surface area (TPSA) is 102 Å². The van der Waals surface area contributed by atoms with Gasteiger partial charge in [-0.1, -0.05) is 18.2 Å². The normalized spacial score (nSPS) is 11.9. The molecular weight excluding hydrogens is 378 g/mol. The van der Waals surface area contributed by atoms with Gasteiger partial charge in [-0.3, -0.25) is 4.79 Å². The Morgan fingerprint density at radius 1 is 1.14 bits per heavy atom. The van der Waals surface area contributed by atoms with Gasteiger partial charge in [0.2, 0.25) is 16.0 Å². The van der Waals surface area contributed by atoms with Crippen LogP contribution in [0.1, 0.15) is 10.4 Å². The van der Waals surface area contributed by atoms with Crippen LogP contribution in [0.2, 0.25) is 0 Å². The molecule has 0 fully saturated rings. The molecule has 1 aromatic heterocycles. The van der Waals surface area contributed by atoms with Gasteiger partial charge in [-0.15, -0.1) is 0 Å². The van der Waals surface area contributed by atoms with Gasteiger partial charge in [-0.25, -0.2) is 17.7 Å². The largest absolute Gasteiger partial charge is 0.369 e. The summed E-state index contributed by atoms with van der Waals surface area (Å²) in [5.41, 5.74) is 8.74. The Hall–Kier alpha value is -2.91. The number of likely N-dealkylation sites (N-methyl/N-ethyl adjacent to an activating group) is 1. The van der Waals surface area contributed by atoms with Gasteiger partial charge >= 0.3 is 0 Å². The Morgan fingerprint density at radius 3 is 2.46 bits per heavy atom. The molecule has 0 saturated carbocycles. The highest BCUT2D eigenvalue weighted by molar-refractivity contribution is 7.88. The van der Waals surface area contributed by atoms with Gasteiger partial charge in [0, 0.05) is 38.4 Å². The van der Waals surface area contributed by atoms with Crippen LogP contribution in [0.5, 0.6) is 0 Å². The minimum Gasteiger partial charge on any atom is -0.369 e. The number of carbonyl (C=O) groups excluding carboxylic acids is 1. The van der Waals surface area contributed by atoms with Gasteiger partial charge in [0.1, 0.15) is 0 Å². The zero-order chi connectivity index (χ0) is 20.5. The maximum Gasteiger partial charge on any atom is 0.258 e. The van der Waals surface area contributed by atoms with Crippen LogP contribution in [0, 0.1) is 0 Å². The third-order valence-electron chi connectivity index (χ3n) is 4.68. The second-order valence-corrected chi connectivity index (χ2v) is 8.70. The molecule has 0 aliphatic rings. The number of fused-ring (bicyclic) bond motifs is 1. The molecular formula is C19H23N5O3S. The molecule has 28 heavy (non-hydrogen) atoms. The Morgan fingerprint density at radius 2 is 1.82 bits per heavy atom. The van der Waals surface area contributed by atoms with Crippen LogP contribution >= 0.6 is 0 Å². The minimum atomic E-state index is -3.26. The van der Waals surface area contributed by atoms with E-state index in [1.807, 2.05) is 30.3 Å². The number of rotatable bonds is 6. The fourth-order valence-electron chi connectivity index (χ4n) is 2.88. The number of hydrogen-bond donors (Lipinski definition) is 1. The summed E-state index contributed by atoms with van der Waals surface area (Å²) < 4.78 is 26.2. The van der Waals surface area contributed by atoms with Crippen LogP contribution in [-0.4, -0.2) is 55.1 Å². The van der Waals surface area contributed by atoms with Crippen molar-refractivity contribution in [3.63, 3.8) is 0 Å². The van der Waals surface area contributed by atoms with E-state index >= 15 is 0 Å². The van der Waals surface area contributed by atoms with Gasteiger partial charge in [-0.2, -0.15) is 0 Å². The Kier molecular flexibility index (Phi) is 5.39. The standard InChI is InChI=1S/C19H23N5O3S/c1-22(28(3,26)27)11-12-24-17-10-9-15(13-16(17)21-19(24)20)23(2)18(25)14-7-5-4-6-8-14/h4-10,13H,11-12H2,1-3H3,(H2,20,21). The van der Waals surface area contributed by atoms with E-state index in [-0.39, 0.29) is 12.5 Å². The summed E-state index contributed by atoms with van der Waals surface area (Å²) in [6.07, 6.45) is 1.16. The number of anilines is 2. The molecule has 148 valence electrons. The Labute approximate surface area is 164 Å². The lowest BCUT2D eigenvalue weighted by Crippen LogP contribution is -2.29. The van der Waals surface area contributed by atoms with Crippen molar-refractivity contribution in [1.82, 2.24) is 13.9 Å². The summed E-state index contributed by atoms with van der Waals surface area (Å²) in [7, 11) is -0.0344. The number of amides is 1. The Balaban J connectivity index is 1.86. The average Bonchev–Trinajstić information content (AvgIpc) is 2.99. The zero-order valence-corrected chi connectivity index (χ0v) is 16.8. The molecule has 0 aliphatic heterocycles. The molecule has 0 radical (unpaired) electrons. The summed E-state index contributed by atoms with van der Waals surface area (Å²) in [6, 6.07) is 14.5. The van der Waals surface area contributed by atoms with E-state index in [2.05, 4.69) is 4.98 Å². The molecule has 0 unspecified atom stereocenters. The number of sulfonamides is 1. The van der Waals surface area contributed by atoms with Crippen LogP contribution in [-0.2, 0) is 16.6 Å². The number of imidazole rings is 1. The lowest BCUT2D eigenvalue weighted by atomic mass is 10.2. The van der Waals surface area contributed by atoms with Gasteiger partial charge in [-0.05, 0) is 30.3 Å². The quantitative estimate of drug-likeness (QED) is 0.678. The van der Waals surface area contributed by atoms with E-state index in [0.29, 0.717) is 29.3 Å². The fourth-order valence-corrected chi connectivity index (χ4v) is 3.29. The van der Waals surface area contributed by atoms with Crippen LogP contribution in [0.4, 0.5) is 11.6 Å². The molecule has 0 bridgehead atoms. The average molecular weight is 401 g/mol. The number of aromatic nitrogens is 2. The SMILES string of the molecule is CN(C(=O)c1ccccc1)c1ccc2c(c1)nc(N)n2CCN(C)S(C)(=O)=O. The third-order valence-corrected chi connectivity index (χ3v) is 5.99. The fraction of sp³-hybridized carbons (Fsp3) is 0.263. The van der Waals surface area contributed by atoms with E-state index < -0.39 is 10.0 Å². The van der Waals surface area contributed by atoms with Crippen molar-refractivity contribution >= 4 is 38.6 Å². The minimum absolute atomic E-state index is 0.123. The molecule has 3 aromatic rings. The highest BCUT2D eigenvalue weighted by Crippen LogP contribution is 2.24. The maximum absolute atomic E-state index is 12.6. The number of carbonyl (C=O) groups is 1.